The Labute approximate surface area is 168 Å². The molecule has 1 aliphatic rings. The second-order valence-electron chi connectivity index (χ2n) is 6.29. The number of anilines is 1. The highest BCUT2D eigenvalue weighted by Gasteiger charge is 2.36. The summed E-state index contributed by atoms with van der Waals surface area (Å²) in [5.41, 5.74) is 5.17. The minimum atomic E-state index is -4.69. The lowest BCUT2D eigenvalue weighted by Gasteiger charge is -2.33. The van der Waals surface area contributed by atoms with Gasteiger partial charge in [0.25, 0.3) is 5.91 Å². The Bertz CT molecular complexity index is 979. The van der Waals surface area contributed by atoms with Crippen LogP contribution in [0.15, 0.2) is 47.9 Å². The van der Waals surface area contributed by atoms with Crippen LogP contribution in [0.25, 0.3) is 0 Å². The van der Waals surface area contributed by atoms with Crippen LogP contribution in [0.3, 0.4) is 0 Å². The van der Waals surface area contributed by atoms with Crippen LogP contribution >= 0.6 is 11.6 Å². The van der Waals surface area contributed by atoms with E-state index >= 15 is 0 Å². The van der Waals surface area contributed by atoms with Gasteiger partial charge in [-0.25, -0.2) is 15.2 Å². The molecule has 0 unspecified atom stereocenters. The molecule has 0 saturated heterocycles. The number of hydrogen-bond acceptors (Lipinski definition) is 5. The smallest absolute Gasteiger partial charge is 0.399 e. The van der Waals surface area contributed by atoms with Crippen LogP contribution in [-0.2, 0) is 6.18 Å². The van der Waals surface area contributed by atoms with Gasteiger partial charge >= 0.3 is 6.18 Å². The Morgan fingerprint density at radius 3 is 2.59 bits per heavy atom. The number of amides is 1. The highest BCUT2D eigenvalue weighted by atomic mass is 35.5. The van der Waals surface area contributed by atoms with Crippen LogP contribution in [-0.4, -0.2) is 28.9 Å². The predicted molar refractivity (Wildman–Crippen MR) is 99.0 cm³/mol. The highest BCUT2D eigenvalue weighted by molar-refractivity contribution is 6.34. The number of carbonyl (C=O) groups excluding carboxylic acids is 1. The molecule has 0 bridgehead atoms. The van der Waals surface area contributed by atoms with E-state index in [0.717, 1.165) is 17.1 Å². The maximum atomic E-state index is 13.9. The average molecular weight is 430 g/mol. The minimum Gasteiger partial charge on any atom is -0.399 e. The summed E-state index contributed by atoms with van der Waals surface area (Å²) in [5, 5.41) is 0.332. The van der Waals surface area contributed by atoms with Crippen LogP contribution < -0.4 is 16.6 Å². The monoisotopic (exact) mass is 429 g/mol. The van der Waals surface area contributed by atoms with E-state index in [9.17, 15) is 22.4 Å². The normalized spacial score (nSPS) is 14.9. The van der Waals surface area contributed by atoms with Crippen LogP contribution in [0.1, 0.15) is 22.3 Å². The number of nitrogens with two attached hydrogens (primary N) is 2. The third-order valence-corrected chi connectivity index (χ3v) is 4.84. The summed E-state index contributed by atoms with van der Waals surface area (Å²) in [4.78, 5) is 17.8. The van der Waals surface area contributed by atoms with Gasteiger partial charge in [0.1, 0.15) is 0 Å². The van der Waals surface area contributed by atoms with E-state index in [-0.39, 0.29) is 36.6 Å². The fraction of sp³-hybridized carbons (Fsp3) is 0.222. The van der Waals surface area contributed by atoms with E-state index in [2.05, 4.69) is 4.98 Å². The zero-order chi connectivity index (χ0) is 21.3. The summed E-state index contributed by atoms with van der Waals surface area (Å²) in [7, 11) is 0. The number of hydrogen-bond donors (Lipinski definition) is 2. The van der Waals surface area contributed by atoms with Crippen molar-refractivity contribution in [3.63, 3.8) is 0 Å². The molecule has 0 aliphatic carbocycles. The summed E-state index contributed by atoms with van der Waals surface area (Å²) in [6, 6.07) is 5.73. The lowest BCUT2D eigenvalue weighted by Crippen LogP contribution is -2.44. The molecular weight excluding hydrogens is 414 g/mol. The molecule has 11 heteroatoms. The molecule has 1 amide bonds. The van der Waals surface area contributed by atoms with Crippen molar-refractivity contribution in [2.24, 2.45) is 11.6 Å². The quantitative estimate of drug-likeness (QED) is 0.444. The maximum Gasteiger partial charge on any atom is 0.417 e. The Balaban J connectivity index is 1.84. The molecule has 1 aliphatic heterocycles. The average Bonchev–Trinajstić information content (AvgIpc) is 2.66. The van der Waals surface area contributed by atoms with Gasteiger partial charge in [-0.1, -0.05) is 17.7 Å². The van der Waals surface area contributed by atoms with Crippen molar-refractivity contribution < 1.29 is 22.4 Å². The number of carbonyl (C=O) groups is 1. The van der Waals surface area contributed by atoms with E-state index in [1.807, 2.05) is 0 Å². The second kappa shape index (κ2) is 7.88. The number of benzene rings is 1. The fourth-order valence-electron chi connectivity index (χ4n) is 2.99. The van der Waals surface area contributed by atoms with Crippen molar-refractivity contribution in [1.29, 1.82) is 0 Å². The summed E-state index contributed by atoms with van der Waals surface area (Å²) in [6.45, 7) is -0.00745. The molecule has 2 heterocycles. The number of halogens is 5. The first-order valence-corrected chi connectivity index (χ1v) is 8.77. The first-order chi connectivity index (χ1) is 13.6. The summed E-state index contributed by atoms with van der Waals surface area (Å²) in [6.07, 6.45) is -3.17. The van der Waals surface area contributed by atoms with Crippen molar-refractivity contribution >= 4 is 23.3 Å². The van der Waals surface area contributed by atoms with Crippen molar-refractivity contribution in [2.75, 3.05) is 18.1 Å². The third kappa shape index (κ3) is 4.13. The largest absolute Gasteiger partial charge is 0.417 e. The van der Waals surface area contributed by atoms with E-state index in [1.165, 1.54) is 29.3 Å². The van der Waals surface area contributed by atoms with Crippen LogP contribution in [0.4, 0.5) is 23.4 Å². The van der Waals surface area contributed by atoms with Gasteiger partial charge in [-0.2, -0.15) is 13.2 Å². The molecule has 3 rings (SSSR count). The molecule has 0 radical (unpaired) electrons. The number of nitrogens with zero attached hydrogens (tertiary/aromatic N) is 3. The van der Waals surface area contributed by atoms with Gasteiger partial charge in [0.2, 0.25) is 0 Å². The highest BCUT2D eigenvalue weighted by Crippen LogP contribution is 2.36. The van der Waals surface area contributed by atoms with E-state index < -0.39 is 28.5 Å². The third-order valence-electron chi connectivity index (χ3n) is 4.43. The van der Waals surface area contributed by atoms with Gasteiger partial charge < -0.3 is 10.6 Å². The van der Waals surface area contributed by atoms with Gasteiger partial charge in [-0.3, -0.25) is 9.80 Å². The first kappa shape index (κ1) is 20.9. The fourth-order valence-corrected chi connectivity index (χ4v) is 3.31. The molecule has 0 fully saturated rings. The van der Waals surface area contributed by atoms with Crippen LogP contribution in [0, 0.1) is 5.82 Å². The van der Waals surface area contributed by atoms with E-state index in [4.69, 9.17) is 23.2 Å². The lowest BCUT2D eigenvalue weighted by atomic mass is 10.1. The van der Waals surface area contributed by atoms with Crippen molar-refractivity contribution in [3.05, 3.63) is 69.9 Å². The summed E-state index contributed by atoms with van der Waals surface area (Å²) in [5.74, 6) is 4.45. The Morgan fingerprint density at radius 1 is 1.24 bits per heavy atom. The first-order valence-electron chi connectivity index (χ1n) is 8.39. The lowest BCUT2D eigenvalue weighted by molar-refractivity contribution is -0.137. The molecule has 0 atom stereocenters. The Hall–Kier alpha value is -2.85. The molecule has 1 aromatic carbocycles. The zero-order valence-corrected chi connectivity index (χ0v) is 15.6. The number of rotatable bonds is 3. The minimum absolute atomic E-state index is 0.101. The SMILES string of the molecule is NC1=C(N(N)c2ncccc2F)CCN(C(=O)c2cccc(C(F)(F)F)c2Cl)C1. The van der Waals surface area contributed by atoms with Crippen molar-refractivity contribution in [3.8, 4) is 0 Å². The molecule has 1 aromatic heterocycles. The Morgan fingerprint density at radius 2 is 1.97 bits per heavy atom. The van der Waals surface area contributed by atoms with Gasteiger partial charge in [-0.05, 0) is 24.3 Å². The molecule has 0 spiro atoms. The van der Waals surface area contributed by atoms with E-state index in [1.54, 1.807) is 0 Å². The molecule has 2 aromatic rings. The second-order valence-corrected chi connectivity index (χ2v) is 6.67. The molecule has 0 saturated carbocycles. The number of aromatic nitrogens is 1. The molecule has 4 N–H and O–H groups in total. The molecular formula is C18H16ClF4N5O. The van der Waals surface area contributed by atoms with Gasteiger partial charge in [-0.15, -0.1) is 0 Å². The van der Waals surface area contributed by atoms with Crippen LogP contribution in [0.2, 0.25) is 5.02 Å². The standard InChI is InChI=1S/C18H16ClF4N5O/c19-15-10(3-1-4-11(15)18(21,22)23)17(29)27-8-6-14(13(24)9-27)28(25)16-12(20)5-2-7-26-16/h1-5,7H,6,8-9,24-25H2. The predicted octanol–water partition coefficient (Wildman–Crippen LogP) is 3.29. The summed E-state index contributed by atoms with van der Waals surface area (Å²) >= 11 is 5.83. The van der Waals surface area contributed by atoms with Gasteiger partial charge in [0, 0.05) is 24.9 Å². The van der Waals surface area contributed by atoms with Crippen molar-refractivity contribution in [2.45, 2.75) is 12.6 Å². The van der Waals surface area contributed by atoms with Crippen molar-refractivity contribution in [1.82, 2.24) is 9.88 Å². The Kier molecular flexibility index (Phi) is 5.67. The van der Waals surface area contributed by atoms with Crippen LogP contribution in [0.5, 0.6) is 0 Å². The van der Waals surface area contributed by atoms with Gasteiger partial charge in [0.15, 0.2) is 11.6 Å². The molecule has 154 valence electrons. The maximum absolute atomic E-state index is 13.9. The van der Waals surface area contributed by atoms with E-state index in [0.29, 0.717) is 5.70 Å². The molecule has 29 heavy (non-hydrogen) atoms. The topological polar surface area (TPSA) is 88.5 Å². The summed E-state index contributed by atoms with van der Waals surface area (Å²) < 4.78 is 53.0. The molecule has 6 nitrogen and oxygen atoms in total. The number of hydrazine groups is 1. The number of pyridine rings is 1. The van der Waals surface area contributed by atoms with Gasteiger partial charge in [0.05, 0.1) is 28.4 Å². The number of alkyl halides is 3. The zero-order valence-electron chi connectivity index (χ0n) is 14.9.